The summed E-state index contributed by atoms with van der Waals surface area (Å²) >= 11 is 6.98. The van der Waals surface area contributed by atoms with E-state index in [9.17, 15) is 4.39 Å². The predicted octanol–water partition coefficient (Wildman–Crippen LogP) is 6.16. The number of allylic oxidation sites excluding steroid dienone is 6. The summed E-state index contributed by atoms with van der Waals surface area (Å²) in [6, 6.07) is 3.67. The number of alkyl halides is 1. The van der Waals surface area contributed by atoms with E-state index in [2.05, 4.69) is 31.9 Å². The predicted molar refractivity (Wildman–Crippen MR) is 94.1 cm³/mol. The zero-order valence-electron chi connectivity index (χ0n) is 12.0. The number of hydrogen-bond donors (Lipinski definition) is 0. The Morgan fingerprint density at radius 2 is 1.95 bits per heavy atom. The second kappa shape index (κ2) is 5.70. The number of fused-ring (bicyclic) bond motifs is 1. The quantitative estimate of drug-likeness (QED) is 0.535. The van der Waals surface area contributed by atoms with Crippen molar-refractivity contribution in [3.8, 4) is 5.75 Å². The molecule has 114 valence electrons. The lowest BCUT2D eigenvalue weighted by Gasteiger charge is -2.09. The zero-order chi connectivity index (χ0) is 15.9. The number of methoxy groups -OCH3 is 1. The van der Waals surface area contributed by atoms with Crippen LogP contribution in [-0.4, -0.2) is 11.4 Å². The number of benzene rings is 1. The van der Waals surface area contributed by atoms with Crippen LogP contribution in [0, 0.1) is 0 Å². The van der Waals surface area contributed by atoms with E-state index in [-0.39, 0.29) is 10.2 Å². The molecule has 0 aliphatic heterocycles. The van der Waals surface area contributed by atoms with Crippen molar-refractivity contribution in [2.45, 2.75) is 11.2 Å². The van der Waals surface area contributed by atoms with Gasteiger partial charge in [0, 0.05) is 11.1 Å². The largest absolute Gasteiger partial charge is 0.496 e. The minimum Gasteiger partial charge on any atom is -0.496 e. The Morgan fingerprint density at radius 1 is 1.23 bits per heavy atom. The van der Waals surface area contributed by atoms with Gasteiger partial charge >= 0.3 is 0 Å². The molecule has 1 unspecified atom stereocenters. The fourth-order valence-corrected chi connectivity index (χ4v) is 3.07. The molecule has 0 bridgehead atoms. The minimum atomic E-state index is -0.379. The molecule has 0 N–H and O–H groups in total. The van der Waals surface area contributed by atoms with Crippen molar-refractivity contribution < 1.29 is 13.5 Å². The third-order valence-electron chi connectivity index (χ3n) is 3.53. The van der Waals surface area contributed by atoms with Crippen LogP contribution in [0.2, 0.25) is 0 Å². The van der Waals surface area contributed by atoms with Gasteiger partial charge in [0.15, 0.2) is 5.58 Å². The van der Waals surface area contributed by atoms with Crippen LogP contribution in [0.5, 0.6) is 5.75 Å². The summed E-state index contributed by atoms with van der Waals surface area (Å²) < 4.78 is 25.9. The highest BCUT2D eigenvalue weighted by molar-refractivity contribution is 9.10. The van der Waals surface area contributed by atoms with Crippen molar-refractivity contribution >= 4 is 48.4 Å². The first-order valence-corrected chi connectivity index (χ1v) is 8.23. The maximum Gasteiger partial charge on any atom is 0.152 e. The van der Waals surface area contributed by atoms with E-state index >= 15 is 0 Å². The number of furan rings is 1. The Kier molecular flexibility index (Phi) is 4.03. The van der Waals surface area contributed by atoms with E-state index in [1.165, 1.54) is 6.08 Å². The van der Waals surface area contributed by atoms with Gasteiger partial charge in [-0.1, -0.05) is 34.2 Å². The van der Waals surface area contributed by atoms with Crippen molar-refractivity contribution in [1.82, 2.24) is 0 Å². The normalized spacial score (nSPS) is 21.5. The van der Waals surface area contributed by atoms with Crippen LogP contribution in [0.15, 0.2) is 57.4 Å². The van der Waals surface area contributed by atoms with Gasteiger partial charge in [0.1, 0.15) is 11.6 Å². The van der Waals surface area contributed by atoms with Crippen LogP contribution >= 0.6 is 31.9 Å². The van der Waals surface area contributed by atoms with E-state index in [4.69, 9.17) is 9.15 Å². The molecule has 1 atom stereocenters. The fraction of sp³-hybridized carbons (Fsp3) is 0.176. The van der Waals surface area contributed by atoms with Gasteiger partial charge in [-0.25, -0.2) is 4.39 Å². The average Bonchev–Trinajstić information content (AvgIpc) is 2.86. The summed E-state index contributed by atoms with van der Waals surface area (Å²) in [5.74, 6) is 0.328. The van der Waals surface area contributed by atoms with Gasteiger partial charge in [-0.3, -0.25) is 0 Å². The third kappa shape index (κ3) is 2.68. The van der Waals surface area contributed by atoms with Crippen LogP contribution in [-0.2, 0) is 0 Å². The second-order valence-electron chi connectivity index (χ2n) is 5.18. The molecule has 0 saturated heterocycles. The number of halogens is 3. The Labute approximate surface area is 144 Å². The lowest BCUT2D eigenvalue weighted by Crippen LogP contribution is -2.05. The molecule has 0 amide bonds. The monoisotopic (exact) mass is 426 g/mol. The third-order valence-corrected chi connectivity index (χ3v) is 4.69. The molecule has 2 aromatic rings. The SMILES string of the molecule is COc1ccc(Br)c2occ(C3=C(F)C=CC(C)(Br)C=C3)c12. The Balaban J connectivity index is 2.27. The Hall–Kier alpha value is -1.33. The van der Waals surface area contributed by atoms with Gasteiger partial charge in [0.25, 0.3) is 0 Å². The maximum absolute atomic E-state index is 14.5. The van der Waals surface area contributed by atoms with Crippen LogP contribution < -0.4 is 4.74 Å². The highest BCUT2D eigenvalue weighted by atomic mass is 79.9. The highest BCUT2D eigenvalue weighted by Gasteiger charge is 2.21. The highest BCUT2D eigenvalue weighted by Crippen LogP contribution is 2.41. The summed E-state index contributed by atoms with van der Waals surface area (Å²) in [5.41, 5.74) is 1.77. The molecule has 0 fully saturated rings. The maximum atomic E-state index is 14.5. The van der Waals surface area contributed by atoms with Crippen molar-refractivity contribution in [3.05, 3.63) is 58.6 Å². The summed E-state index contributed by atoms with van der Waals surface area (Å²) in [6.45, 7) is 1.95. The molecule has 22 heavy (non-hydrogen) atoms. The molecule has 3 rings (SSSR count). The van der Waals surface area contributed by atoms with Gasteiger partial charge in [-0.2, -0.15) is 0 Å². The molecule has 0 spiro atoms. The van der Waals surface area contributed by atoms with Crippen LogP contribution in [0.3, 0.4) is 0 Å². The molecular formula is C17H13Br2FO2. The molecule has 1 heterocycles. The molecule has 1 aliphatic rings. The molecular weight excluding hydrogens is 415 g/mol. The van der Waals surface area contributed by atoms with Crippen LogP contribution in [0.1, 0.15) is 12.5 Å². The van der Waals surface area contributed by atoms with Crippen molar-refractivity contribution in [2.24, 2.45) is 0 Å². The summed E-state index contributed by atoms with van der Waals surface area (Å²) in [7, 11) is 1.59. The molecule has 1 aliphatic carbocycles. The summed E-state index contributed by atoms with van der Waals surface area (Å²) in [4.78, 5) is 0. The lowest BCUT2D eigenvalue weighted by molar-refractivity contribution is 0.419. The summed E-state index contributed by atoms with van der Waals surface area (Å²) in [6.07, 6.45) is 8.44. The average molecular weight is 428 g/mol. The molecule has 0 radical (unpaired) electrons. The lowest BCUT2D eigenvalue weighted by atomic mass is 10.0. The van der Waals surface area contributed by atoms with E-state index in [1.54, 1.807) is 25.5 Å². The first-order chi connectivity index (χ1) is 10.4. The zero-order valence-corrected chi connectivity index (χ0v) is 15.2. The standard InChI is InChI=1S/C17H13Br2FO2/c1-17(19)7-5-10(13(20)6-8-17)11-9-22-16-12(18)3-4-14(21-2)15(11)16/h3-9H,1-2H3. The second-order valence-corrected chi connectivity index (χ2v) is 7.75. The molecule has 2 nitrogen and oxygen atoms in total. The van der Waals surface area contributed by atoms with E-state index < -0.39 is 0 Å². The first-order valence-electron chi connectivity index (χ1n) is 6.64. The number of ether oxygens (including phenoxy) is 1. The Bertz CT molecular complexity index is 829. The van der Waals surface area contributed by atoms with E-state index in [0.717, 1.165) is 9.86 Å². The molecule has 0 saturated carbocycles. The van der Waals surface area contributed by atoms with E-state index in [1.807, 2.05) is 25.1 Å². The summed E-state index contributed by atoms with van der Waals surface area (Å²) in [5, 5.41) is 0.748. The van der Waals surface area contributed by atoms with Gasteiger partial charge < -0.3 is 9.15 Å². The minimum absolute atomic E-state index is 0.316. The molecule has 1 aromatic carbocycles. The van der Waals surface area contributed by atoms with Gasteiger partial charge in [-0.05, 0) is 41.1 Å². The van der Waals surface area contributed by atoms with Gasteiger partial charge in [0.05, 0.1) is 27.6 Å². The number of hydrogen-bond acceptors (Lipinski definition) is 2. The van der Waals surface area contributed by atoms with E-state index in [0.29, 0.717) is 22.5 Å². The smallest absolute Gasteiger partial charge is 0.152 e. The molecule has 5 heteroatoms. The molecule has 1 aromatic heterocycles. The van der Waals surface area contributed by atoms with Crippen molar-refractivity contribution in [1.29, 1.82) is 0 Å². The van der Waals surface area contributed by atoms with Crippen molar-refractivity contribution in [3.63, 3.8) is 0 Å². The Morgan fingerprint density at radius 3 is 2.68 bits per heavy atom. The van der Waals surface area contributed by atoms with Crippen LogP contribution in [0.25, 0.3) is 16.5 Å². The fourth-order valence-electron chi connectivity index (χ4n) is 2.38. The van der Waals surface area contributed by atoms with Crippen LogP contribution in [0.4, 0.5) is 4.39 Å². The topological polar surface area (TPSA) is 22.4 Å². The van der Waals surface area contributed by atoms with Crippen molar-refractivity contribution in [2.75, 3.05) is 7.11 Å². The first kappa shape index (κ1) is 15.6. The number of rotatable bonds is 2. The van der Waals surface area contributed by atoms with Gasteiger partial charge in [-0.15, -0.1) is 0 Å². The van der Waals surface area contributed by atoms with Gasteiger partial charge in [0.2, 0.25) is 0 Å².